The van der Waals surface area contributed by atoms with Crippen LogP contribution in [0.1, 0.15) is 16.5 Å². The molecule has 1 unspecified atom stereocenters. The van der Waals surface area contributed by atoms with Gasteiger partial charge in [0.2, 0.25) is 0 Å². The molecule has 0 heterocycles. The molecule has 0 bridgehead atoms. The highest BCUT2D eigenvalue weighted by molar-refractivity contribution is 9.10. The van der Waals surface area contributed by atoms with Gasteiger partial charge in [-0.15, -0.1) is 23.4 Å². The van der Waals surface area contributed by atoms with Crippen molar-refractivity contribution in [1.29, 1.82) is 0 Å². The first kappa shape index (κ1) is 14.8. The fourth-order valence-electron chi connectivity index (χ4n) is 1.68. The van der Waals surface area contributed by atoms with Gasteiger partial charge < -0.3 is 0 Å². The van der Waals surface area contributed by atoms with Gasteiger partial charge in [-0.2, -0.15) is 0 Å². The molecule has 0 saturated heterocycles. The maximum Gasteiger partial charge on any atom is 0.137 e. The van der Waals surface area contributed by atoms with Crippen LogP contribution in [0.15, 0.2) is 45.8 Å². The third-order valence-electron chi connectivity index (χ3n) is 2.72. The van der Waals surface area contributed by atoms with Crippen molar-refractivity contribution >= 4 is 39.3 Å². The van der Waals surface area contributed by atoms with Crippen LogP contribution in [0.5, 0.6) is 0 Å². The average molecular weight is 364 g/mol. The molecule has 0 saturated carbocycles. The van der Waals surface area contributed by atoms with Crippen LogP contribution in [0.3, 0.4) is 0 Å². The normalized spacial score (nSPS) is 12.5. The molecule has 2 rings (SSSR count). The molecule has 2 aromatic carbocycles. The minimum Gasteiger partial charge on any atom is -0.207 e. The molecule has 2 aromatic rings. The summed E-state index contributed by atoms with van der Waals surface area (Å²) in [6.07, 6.45) is 1.97. The Balaban J connectivity index is 2.37. The Kier molecular flexibility index (Phi) is 4.87. The predicted octanol–water partition coefficient (Wildman–Crippen LogP) is 5.78. The summed E-state index contributed by atoms with van der Waals surface area (Å²) in [7, 11) is 0. The topological polar surface area (TPSA) is 0 Å². The van der Waals surface area contributed by atoms with Crippen molar-refractivity contribution in [2.24, 2.45) is 0 Å². The van der Waals surface area contributed by atoms with Crippen LogP contribution in [0.2, 0.25) is 0 Å². The smallest absolute Gasteiger partial charge is 0.137 e. The zero-order valence-electron chi connectivity index (χ0n) is 9.96. The Hall–Kier alpha value is -0.580. The van der Waals surface area contributed by atoms with Crippen LogP contribution in [0.4, 0.5) is 8.78 Å². The van der Waals surface area contributed by atoms with Crippen LogP contribution in [-0.4, -0.2) is 6.26 Å². The molecule has 5 heteroatoms. The number of hydrogen-bond donors (Lipinski definition) is 0. The number of hydrogen-bond acceptors (Lipinski definition) is 1. The molecule has 0 nitrogen and oxygen atoms in total. The van der Waals surface area contributed by atoms with Gasteiger partial charge in [0.05, 0.1) is 9.85 Å². The molecule has 0 amide bonds. The second-order valence-electron chi connectivity index (χ2n) is 3.92. The molecule has 0 fully saturated rings. The van der Waals surface area contributed by atoms with Gasteiger partial charge in [0, 0.05) is 10.5 Å². The predicted molar refractivity (Wildman–Crippen MR) is 80.0 cm³/mol. The summed E-state index contributed by atoms with van der Waals surface area (Å²) in [6, 6.07) is 9.67. The lowest BCUT2D eigenvalue weighted by atomic mass is 10.0. The summed E-state index contributed by atoms with van der Waals surface area (Å²) in [6.45, 7) is 0. The van der Waals surface area contributed by atoms with Gasteiger partial charge in [0.25, 0.3) is 0 Å². The van der Waals surface area contributed by atoms with Gasteiger partial charge in [0.1, 0.15) is 11.6 Å². The Morgan fingerprint density at radius 2 is 1.74 bits per heavy atom. The number of halogens is 4. The van der Waals surface area contributed by atoms with E-state index in [1.165, 1.54) is 0 Å². The minimum absolute atomic E-state index is 0.0929. The molecule has 0 aliphatic rings. The van der Waals surface area contributed by atoms with Crippen LogP contribution in [0.25, 0.3) is 0 Å². The van der Waals surface area contributed by atoms with Crippen LogP contribution < -0.4 is 0 Å². The highest BCUT2D eigenvalue weighted by Crippen LogP contribution is 2.33. The summed E-state index contributed by atoms with van der Waals surface area (Å²) in [5, 5.41) is -0.710. The number of thioether (sulfide) groups is 1. The molecular weight excluding hydrogens is 354 g/mol. The Bertz CT molecular complexity index is 587. The fourth-order valence-corrected chi connectivity index (χ4v) is 2.72. The van der Waals surface area contributed by atoms with E-state index in [1.54, 1.807) is 11.8 Å². The summed E-state index contributed by atoms with van der Waals surface area (Å²) >= 11 is 10.8. The first-order valence-corrected chi connectivity index (χ1v) is 7.91. The quantitative estimate of drug-likeness (QED) is 0.378. The molecule has 0 aliphatic carbocycles. The van der Waals surface area contributed by atoms with E-state index in [0.29, 0.717) is 0 Å². The maximum atomic E-state index is 13.8. The van der Waals surface area contributed by atoms with Gasteiger partial charge in [0.15, 0.2) is 0 Å². The van der Waals surface area contributed by atoms with E-state index in [1.807, 2.05) is 30.5 Å². The number of alkyl halides is 1. The van der Waals surface area contributed by atoms with Crippen LogP contribution in [0, 0.1) is 11.6 Å². The third kappa shape index (κ3) is 3.30. The zero-order valence-corrected chi connectivity index (χ0v) is 13.1. The second kappa shape index (κ2) is 6.25. The first-order chi connectivity index (χ1) is 9.02. The Labute approximate surface area is 128 Å². The van der Waals surface area contributed by atoms with E-state index >= 15 is 0 Å². The van der Waals surface area contributed by atoms with Crippen molar-refractivity contribution in [2.75, 3.05) is 6.26 Å². The molecule has 19 heavy (non-hydrogen) atoms. The van der Waals surface area contributed by atoms with Crippen molar-refractivity contribution in [2.45, 2.75) is 10.3 Å². The first-order valence-electron chi connectivity index (χ1n) is 5.45. The second-order valence-corrected chi connectivity index (χ2v) is 6.09. The molecule has 0 aliphatic heterocycles. The summed E-state index contributed by atoms with van der Waals surface area (Å²) in [4.78, 5) is 1.09. The molecule has 0 radical (unpaired) electrons. The van der Waals surface area contributed by atoms with E-state index in [-0.39, 0.29) is 10.0 Å². The molecule has 1 atom stereocenters. The van der Waals surface area contributed by atoms with E-state index < -0.39 is 17.0 Å². The highest BCUT2D eigenvalue weighted by Gasteiger charge is 2.17. The SMILES string of the molecule is CSc1ccc(C(Cl)c2cc(F)c(Br)cc2F)cc1. The average Bonchev–Trinajstić information content (AvgIpc) is 2.42. The van der Waals surface area contributed by atoms with E-state index in [9.17, 15) is 8.78 Å². The molecule has 0 spiro atoms. The van der Waals surface area contributed by atoms with Gasteiger partial charge in [-0.3, -0.25) is 0 Å². The lowest BCUT2D eigenvalue weighted by Gasteiger charge is -2.12. The minimum atomic E-state index is -0.710. The Morgan fingerprint density at radius 1 is 1.11 bits per heavy atom. The van der Waals surface area contributed by atoms with Crippen molar-refractivity contribution in [1.82, 2.24) is 0 Å². The van der Waals surface area contributed by atoms with Crippen molar-refractivity contribution < 1.29 is 8.78 Å². The van der Waals surface area contributed by atoms with Gasteiger partial charge in [-0.05, 0) is 52.0 Å². The standard InChI is InChI=1S/C14H10BrClF2S/c1-19-9-4-2-8(3-5-9)14(16)10-6-13(18)11(15)7-12(10)17/h2-7,14H,1H3. The van der Waals surface area contributed by atoms with Crippen LogP contribution in [-0.2, 0) is 0 Å². The number of rotatable bonds is 3. The van der Waals surface area contributed by atoms with Crippen molar-refractivity contribution in [3.63, 3.8) is 0 Å². The summed E-state index contributed by atoms with van der Waals surface area (Å²) in [5.41, 5.74) is 0.874. The monoisotopic (exact) mass is 362 g/mol. The van der Waals surface area contributed by atoms with E-state index in [4.69, 9.17) is 11.6 Å². The fraction of sp³-hybridized carbons (Fsp3) is 0.143. The van der Waals surface area contributed by atoms with Crippen molar-refractivity contribution in [3.05, 3.63) is 63.6 Å². The third-order valence-corrected chi connectivity index (χ3v) is 4.56. The summed E-state index contributed by atoms with van der Waals surface area (Å²) in [5.74, 6) is -1.05. The summed E-state index contributed by atoms with van der Waals surface area (Å²) < 4.78 is 27.4. The van der Waals surface area contributed by atoms with Crippen molar-refractivity contribution in [3.8, 4) is 0 Å². The maximum absolute atomic E-state index is 13.8. The molecular formula is C14H10BrClF2S. The lowest BCUT2D eigenvalue weighted by Crippen LogP contribution is -1.99. The van der Waals surface area contributed by atoms with Crippen LogP contribution >= 0.6 is 39.3 Å². The lowest BCUT2D eigenvalue weighted by molar-refractivity contribution is 0.582. The van der Waals surface area contributed by atoms with Gasteiger partial charge in [-0.1, -0.05) is 12.1 Å². The Morgan fingerprint density at radius 3 is 2.32 bits per heavy atom. The highest BCUT2D eigenvalue weighted by atomic mass is 79.9. The molecule has 0 N–H and O–H groups in total. The van der Waals surface area contributed by atoms with E-state index in [0.717, 1.165) is 22.6 Å². The van der Waals surface area contributed by atoms with Gasteiger partial charge >= 0.3 is 0 Å². The number of benzene rings is 2. The molecule has 100 valence electrons. The van der Waals surface area contributed by atoms with Gasteiger partial charge in [-0.25, -0.2) is 8.78 Å². The van der Waals surface area contributed by atoms with E-state index in [2.05, 4.69) is 15.9 Å². The largest absolute Gasteiger partial charge is 0.207 e. The molecule has 0 aromatic heterocycles. The zero-order chi connectivity index (χ0) is 14.0.